The molecule has 6 nitrogen and oxygen atoms in total. The van der Waals surface area contributed by atoms with E-state index < -0.39 is 0 Å². The molecule has 0 radical (unpaired) electrons. The molecule has 2 heterocycles. The summed E-state index contributed by atoms with van der Waals surface area (Å²) in [5.74, 6) is 2.14. The number of carbonyl (C=O) groups excluding carboxylic acids is 2. The number of amides is 2. The van der Waals surface area contributed by atoms with Crippen LogP contribution in [0.1, 0.15) is 77.4 Å². The number of hydrogen-bond acceptors (Lipinski definition) is 5. The molecule has 2 amide bonds. The molecule has 1 aromatic carbocycles. The van der Waals surface area contributed by atoms with Gasteiger partial charge in [0.15, 0.2) is 5.16 Å². The second kappa shape index (κ2) is 9.60. The molecule has 1 saturated carbocycles. The molecule has 4 rings (SSSR count). The minimum atomic E-state index is -0.175. The normalized spacial score (nSPS) is 16.9. The summed E-state index contributed by atoms with van der Waals surface area (Å²) in [7, 11) is 0. The summed E-state index contributed by atoms with van der Waals surface area (Å²) in [6, 6.07) is 7.04. The molecule has 1 aromatic heterocycles. The number of fused-ring (bicyclic) bond motifs is 1. The van der Waals surface area contributed by atoms with Crippen molar-refractivity contribution in [3.8, 4) is 0 Å². The van der Waals surface area contributed by atoms with Crippen molar-refractivity contribution in [3.05, 3.63) is 53.9 Å². The first-order valence-corrected chi connectivity index (χ1v) is 11.8. The lowest BCUT2D eigenvalue weighted by atomic mass is 9.89. The predicted octanol–water partition coefficient (Wildman–Crippen LogP) is 4.68. The van der Waals surface area contributed by atoms with Crippen LogP contribution in [-0.2, 0) is 6.54 Å². The number of imide groups is 1. The molecule has 158 valence electrons. The van der Waals surface area contributed by atoms with Gasteiger partial charge in [-0.1, -0.05) is 49.2 Å². The largest absolute Gasteiger partial charge is 0.302 e. The van der Waals surface area contributed by atoms with Crippen LogP contribution in [0.4, 0.5) is 0 Å². The number of benzene rings is 1. The van der Waals surface area contributed by atoms with Gasteiger partial charge in [-0.25, -0.2) is 0 Å². The van der Waals surface area contributed by atoms with Crippen molar-refractivity contribution in [2.24, 2.45) is 0 Å². The maximum atomic E-state index is 12.4. The first kappa shape index (κ1) is 20.8. The predicted molar refractivity (Wildman–Crippen MR) is 118 cm³/mol. The van der Waals surface area contributed by atoms with Crippen LogP contribution >= 0.6 is 11.8 Å². The van der Waals surface area contributed by atoms with Crippen LogP contribution < -0.4 is 0 Å². The highest BCUT2D eigenvalue weighted by molar-refractivity contribution is 7.99. The standard InChI is InChI=1S/C23H28N4O2S/c1-2-14-26-20(17-10-4-3-5-11-17)24-25-23(26)30-16-9-8-15-27-21(28)18-12-6-7-13-19(18)22(27)29/h2,6-7,12-13,17H,1,3-5,8-11,14-16H2. The Morgan fingerprint density at radius 1 is 1.03 bits per heavy atom. The first-order chi connectivity index (χ1) is 14.7. The second-order valence-corrected chi connectivity index (χ2v) is 9.00. The van der Waals surface area contributed by atoms with Gasteiger partial charge in [-0.05, 0) is 37.8 Å². The molecule has 1 fully saturated rings. The summed E-state index contributed by atoms with van der Waals surface area (Å²) in [5.41, 5.74) is 1.04. The van der Waals surface area contributed by atoms with E-state index in [1.807, 2.05) is 6.08 Å². The highest BCUT2D eigenvalue weighted by Gasteiger charge is 2.34. The van der Waals surface area contributed by atoms with Crippen molar-refractivity contribution in [1.82, 2.24) is 19.7 Å². The second-order valence-electron chi connectivity index (χ2n) is 7.94. The summed E-state index contributed by atoms with van der Waals surface area (Å²) in [4.78, 5) is 26.2. The summed E-state index contributed by atoms with van der Waals surface area (Å²) in [5, 5.41) is 9.90. The number of thioether (sulfide) groups is 1. The fourth-order valence-corrected chi connectivity index (χ4v) is 5.30. The van der Waals surface area contributed by atoms with Gasteiger partial charge in [0, 0.05) is 24.8 Å². The molecule has 0 saturated heterocycles. The molecular weight excluding hydrogens is 396 g/mol. The van der Waals surface area contributed by atoms with Crippen molar-refractivity contribution in [2.45, 2.75) is 62.6 Å². The Balaban J connectivity index is 1.29. The zero-order valence-corrected chi connectivity index (χ0v) is 18.1. The smallest absolute Gasteiger partial charge is 0.261 e. The SMILES string of the molecule is C=CCn1c(SCCCCN2C(=O)c3ccccc3C2=O)nnc1C1CCCCC1. The molecule has 1 aliphatic carbocycles. The molecule has 0 spiro atoms. The van der Waals surface area contributed by atoms with E-state index in [0.717, 1.165) is 36.1 Å². The zero-order chi connectivity index (χ0) is 20.9. The molecule has 0 unspecified atom stereocenters. The zero-order valence-electron chi connectivity index (χ0n) is 17.3. The average molecular weight is 425 g/mol. The van der Waals surface area contributed by atoms with E-state index in [1.165, 1.54) is 37.0 Å². The van der Waals surface area contributed by atoms with Gasteiger partial charge in [0.25, 0.3) is 11.8 Å². The van der Waals surface area contributed by atoms with Gasteiger partial charge in [0.2, 0.25) is 0 Å². The van der Waals surface area contributed by atoms with E-state index in [2.05, 4.69) is 21.3 Å². The van der Waals surface area contributed by atoms with Crippen LogP contribution in [0.5, 0.6) is 0 Å². The molecule has 2 aliphatic rings. The van der Waals surface area contributed by atoms with Gasteiger partial charge in [-0.3, -0.25) is 14.5 Å². The van der Waals surface area contributed by atoms with Gasteiger partial charge < -0.3 is 4.57 Å². The van der Waals surface area contributed by atoms with Crippen LogP contribution in [-0.4, -0.2) is 43.8 Å². The molecule has 0 N–H and O–H groups in total. The van der Waals surface area contributed by atoms with E-state index in [-0.39, 0.29) is 11.8 Å². The van der Waals surface area contributed by atoms with Crippen molar-refractivity contribution >= 4 is 23.6 Å². The van der Waals surface area contributed by atoms with Crippen LogP contribution in [0.15, 0.2) is 42.1 Å². The highest BCUT2D eigenvalue weighted by Crippen LogP contribution is 2.33. The molecular formula is C23H28N4O2S. The number of unbranched alkanes of at least 4 members (excludes halogenated alkanes) is 1. The molecule has 30 heavy (non-hydrogen) atoms. The maximum absolute atomic E-state index is 12.4. The Morgan fingerprint density at radius 2 is 1.73 bits per heavy atom. The van der Waals surface area contributed by atoms with Crippen LogP contribution in [0.25, 0.3) is 0 Å². The topological polar surface area (TPSA) is 68.1 Å². The van der Waals surface area contributed by atoms with Crippen molar-refractivity contribution < 1.29 is 9.59 Å². The van der Waals surface area contributed by atoms with Gasteiger partial charge in [0.05, 0.1) is 11.1 Å². The Morgan fingerprint density at radius 3 is 2.40 bits per heavy atom. The van der Waals surface area contributed by atoms with Crippen LogP contribution in [0, 0.1) is 0 Å². The number of nitrogens with zero attached hydrogens (tertiary/aromatic N) is 4. The monoisotopic (exact) mass is 424 g/mol. The minimum absolute atomic E-state index is 0.175. The fraction of sp³-hybridized carbons (Fsp3) is 0.478. The number of aromatic nitrogens is 3. The van der Waals surface area contributed by atoms with Gasteiger partial charge in [-0.15, -0.1) is 16.8 Å². The lowest BCUT2D eigenvalue weighted by molar-refractivity contribution is 0.0652. The third-order valence-corrected chi connectivity index (χ3v) is 6.97. The first-order valence-electron chi connectivity index (χ1n) is 10.8. The van der Waals surface area contributed by atoms with E-state index in [0.29, 0.717) is 23.6 Å². The van der Waals surface area contributed by atoms with Gasteiger partial charge >= 0.3 is 0 Å². The van der Waals surface area contributed by atoms with E-state index in [1.54, 1.807) is 36.0 Å². The van der Waals surface area contributed by atoms with Crippen molar-refractivity contribution in [2.75, 3.05) is 12.3 Å². The quantitative estimate of drug-likeness (QED) is 0.253. The molecule has 1 aliphatic heterocycles. The number of allylic oxidation sites excluding steroid dienone is 1. The summed E-state index contributed by atoms with van der Waals surface area (Å²) in [6.45, 7) is 5.08. The summed E-state index contributed by atoms with van der Waals surface area (Å²) < 4.78 is 2.21. The Bertz CT molecular complexity index is 898. The molecule has 7 heteroatoms. The van der Waals surface area contributed by atoms with E-state index in [9.17, 15) is 9.59 Å². The molecule has 2 aromatic rings. The highest BCUT2D eigenvalue weighted by atomic mass is 32.2. The summed E-state index contributed by atoms with van der Waals surface area (Å²) >= 11 is 1.70. The maximum Gasteiger partial charge on any atom is 0.261 e. The van der Waals surface area contributed by atoms with Crippen LogP contribution in [0.2, 0.25) is 0 Å². The Labute approximate surface area is 181 Å². The van der Waals surface area contributed by atoms with E-state index in [4.69, 9.17) is 0 Å². The van der Waals surface area contributed by atoms with E-state index >= 15 is 0 Å². The van der Waals surface area contributed by atoms with Crippen LogP contribution in [0.3, 0.4) is 0 Å². The van der Waals surface area contributed by atoms with Crippen molar-refractivity contribution in [3.63, 3.8) is 0 Å². The lowest BCUT2D eigenvalue weighted by Gasteiger charge is -2.21. The van der Waals surface area contributed by atoms with Gasteiger partial charge in [-0.2, -0.15) is 0 Å². The average Bonchev–Trinajstić information content (AvgIpc) is 3.28. The molecule has 0 atom stereocenters. The molecule has 0 bridgehead atoms. The van der Waals surface area contributed by atoms with Gasteiger partial charge in [0.1, 0.15) is 5.82 Å². The third-order valence-electron chi connectivity index (χ3n) is 5.91. The minimum Gasteiger partial charge on any atom is -0.302 e. The third kappa shape index (κ3) is 4.21. The summed E-state index contributed by atoms with van der Waals surface area (Å²) in [6.07, 6.45) is 9.84. The fourth-order valence-electron chi connectivity index (χ4n) is 4.35. The van der Waals surface area contributed by atoms with Crippen molar-refractivity contribution in [1.29, 1.82) is 0 Å². The Kier molecular flexibility index (Phi) is 6.67. The lowest BCUT2D eigenvalue weighted by Crippen LogP contribution is -2.30. The Hall–Kier alpha value is -2.41. The number of carbonyl (C=O) groups is 2. The number of hydrogen-bond donors (Lipinski definition) is 0. The number of rotatable bonds is 9.